The van der Waals surface area contributed by atoms with E-state index in [1.54, 1.807) is 25.2 Å². The monoisotopic (exact) mass is 276 g/mol. The minimum Gasteiger partial charge on any atom is -0.505 e. The van der Waals surface area contributed by atoms with Gasteiger partial charge in [0.2, 0.25) is 0 Å². The Labute approximate surface area is 116 Å². The maximum Gasteiger partial charge on any atom is 0.280 e. The molecule has 0 saturated heterocycles. The second-order valence-electron chi connectivity index (χ2n) is 4.17. The molecule has 0 saturated carbocycles. The summed E-state index contributed by atoms with van der Waals surface area (Å²) in [4.78, 5) is 17.5. The van der Waals surface area contributed by atoms with Gasteiger partial charge in [0.1, 0.15) is 5.75 Å². The minimum absolute atomic E-state index is 0.0155. The first-order valence-corrected chi connectivity index (χ1v) is 6.06. The molecular weight excluding hydrogens is 264 g/mol. The molecule has 0 aliphatic heterocycles. The standard InChI is InChI=1S/C14H13ClN2O2/c1-9-5-6-10(8-11(9)15)17(2)14(19)13-12(18)4-3-7-16-13/h3-8,18H,1-2H3. The number of halogens is 1. The summed E-state index contributed by atoms with van der Waals surface area (Å²) >= 11 is 6.04. The Morgan fingerprint density at radius 1 is 1.37 bits per heavy atom. The van der Waals surface area contributed by atoms with Gasteiger partial charge in [0.25, 0.3) is 5.91 Å². The second kappa shape index (κ2) is 5.28. The number of carbonyl (C=O) groups is 1. The Balaban J connectivity index is 2.34. The topological polar surface area (TPSA) is 53.4 Å². The van der Waals surface area contributed by atoms with Gasteiger partial charge < -0.3 is 10.0 Å². The summed E-state index contributed by atoms with van der Waals surface area (Å²) in [5.74, 6) is -0.532. The van der Waals surface area contributed by atoms with Crippen LogP contribution in [0.15, 0.2) is 36.5 Å². The second-order valence-corrected chi connectivity index (χ2v) is 4.58. The van der Waals surface area contributed by atoms with Gasteiger partial charge in [-0.05, 0) is 36.8 Å². The molecule has 0 bridgehead atoms. The Morgan fingerprint density at radius 2 is 2.11 bits per heavy atom. The molecule has 2 aromatic rings. The molecule has 98 valence electrons. The first-order valence-electron chi connectivity index (χ1n) is 5.69. The summed E-state index contributed by atoms with van der Waals surface area (Å²) in [5.41, 5.74) is 1.60. The van der Waals surface area contributed by atoms with Gasteiger partial charge in [-0.25, -0.2) is 4.98 Å². The van der Waals surface area contributed by atoms with E-state index in [0.29, 0.717) is 10.7 Å². The van der Waals surface area contributed by atoms with Crippen LogP contribution in [-0.4, -0.2) is 23.0 Å². The maximum absolute atomic E-state index is 12.2. The molecule has 4 nitrogen and oxygen atoms in total. The van der Waals surface area contributed by atoms with Gasteiger partial charge in [-0.15, -0.1) is 0 Å². The molecule has 19 heavy (non-hydrogen) atoms. The van der Waals surface area contributed by atoms with Crippen LogP contribution in [0.25, 0.3) is 0 Å². The molecule has 1 aromatic carbocycles. The van der Waals surface area contributed by atoms with E-state index < -0.39 is 5.91 Å². The lowest BCUT2D eigenvalue weighted by atomic mass is 10.2. The van der Waals surface area contributed by atoms with Gasteiger partial charge in [-0.1, -0.05) is 17.7 Å². The van der Waals surface area contributed by atoms with Crippen molar-refractivity contribution in [2.45, 2.75) is 6.92 Å². The summed E-state index contributed by atoms with van der Waals surface area (Å²) in [6.45, 7) is 1.89. The zero-order valence-corrected chi connectivity index (χ0v) is 11.3. The lowest BCUT2D eigenvalue weighted by Gasteiger charge is -2.18. The highest BCUT2D eigenvalue weighted by molar-refractivity contribution is 6.31. The van der Waals surface area contributed by atoms with Crippen molar-refractivity contribution in [3.63, 3.8) is 0 Å². The first-order chi connectivity index (χ1) is 9.00. The molecule has 0 aliphatic rings. The SMILES string of the molecule is Cc1ccc(N(C)C(=O)c2ncccc2O)cc1Cl. The van der Waals surface area contributed by atoms with Crippen molar-refractivity contribution < 1.29 is 9.90 Å². The quantitative estimate of drug-likeness (QED) is 0.917. The fourth-order valence-corrected chi connectivity index (χ4v) is 1.80. The number of benzene rings is 1. The number of hydrogen-bond acceptors (Lipinski definition) is 3. The number of aryl methyl sites for hydroxylation is 1. The number of hydrogen-bond donors (Lipinski definition) is 1. The number of pyridine rings is 1. The largest absolute Gasteiger partial charge is 0.505 e. The molecule has 0 fully saturated rings. The third-order valence-electron chi connectivity index (χ3n) is 2.84. The molecule has 1 heterocycles. The van der Waals surface area contributed by atoms with E-state index in [-0.39, 0.29) is 11.4 Å². The molecule has 0 aliphatic carbocycles. The highest BCUT2D eigenvalue weighted by Gasteiger charge is 2.18. The zero-order valence-electron chi connectivity index (χ0n) is 10.6. The fraction of sp³-hybridized carbons (Fsp3) is 0.143. The summed E-state index contributed by atoms with van der Waals surface area (Å²) in [6.07, 6.45) is 1.46. The predicted molar refractivity (Wildman–Crippen MR) is 74.8 cm³/mol. The van der Waals surface area contributed by atoms with Crippen LogP contribution in [0.5, 0.6) is 5.75 Å². The van der Waals surface area contributed by atoms with Crippen LogP contribution in [0, 0.1) is 6.92 Å². The van der Waals surface area contributed by atoms with Crippen molar-refractivity contribution in [3.8, 4) is 5.75 Å². The normalized spacial score (nSPS) is 10.3. The van der Waals surface area contributed by atoms with Gasteiger partial charge in [-0.2, -0.15) is 0 Å². The molecule has 0 spiro atoms. The summed E-state index contributed by atoms with van der Waals surface area (Å²) in [7, 11) is 1.61. The number of anilines is 1. The number of amides is 1. The van der Waals surface area contributed by atoms with Crippen LogP contribution < -0.4 is 4.90 Å². The Morgan fingerprint density at radius 3 is 2.74 bits per heavy atom. The van der Waals surface area contributed by atoms with Crippen LogP contribution in [0.2, 0.25) is 5.02 Å². The van der Waals surface area contributed by atoms with Crippen molar-refractivity contribution in [3.05, 3.63) is 52.8 Å². The van der Waals surface area contributed by atoms with E-state index in [9.17, 15) is 9.90 Å². The van der Waals surface area contributed by atoms with Crippen LogP contribution >= 0.6 is 11.6 Å². The van der Waals surface area contributed by atoms with E-state index in [4.69, 9.17) is 11.6 Å². The molecular formula is C14H13ClN2O2. The Hall–Kier alpha value is -2.07. The average Bonchev–Trinajstić information content (AvgIpc) is 2.41. The number of aromatic hydroxyl groups is 1. The average molecular weight is 277 g/mol. The van der Waals surface area contributed by atoms with Crippen LogP contribution in [0.1, 0.15) is 16.1 Å². The zero-order chi connectivity index (χ0) is 14.0. The summed E-state index contributed by atoms with van der Waals surface area (Å²) in [5, 5.41) is 10.2. The number of nitrogens with zero attached hydrogens (tertiary/aromatic N) is 2. The van der Waals surface area contributed by atoms with E-state index in [1.807, 2.05) is 13.0 Å². The van der Waals surface area contributed by atoms with Gasteiger partial charge >= 0.3 is 0 Å². The van der Waals surface area contributed by atoms with Crippen LogP contribution in [-0.2, 0) is 0 Å². The van der Waals surface area contributed by atoms with Crippen molar-refractivity contribution >= 4 is 23.2 Å². The van der Waals surface area contributed by atoms with Crippen LogP contribution in [0.4, 0.5) is 5.69 Å². The van der Waals surface area contributed by atoms with Crippen molar-refractivity contribution in [2.75, 3.05) is 11.9 Å². The van der Waals surface area contributed by atoms with E-state index >= 15 is 0 Å². The van der Waals surface area contributed by atoms with Gasteiger partial charge in [0.05, 0.1) is 0 Å². The molecule has 1 N–H and O–H groups in total. The first kappa shape index (κ1) is 13.4. The predicted octanol–water partition coefficient (Wildman–Crippen LogP) is 3.03. The van der Waals surface area contributed by atoms with Gasteiger partial charge in [0.15, 0.2) is 5.69 Å². The van der Waals surface area contributed by atoms with Crippen molar-refractivity contribution in [2.24, 2.45) is 0 Å². The highest BCUT2D eigenvalue weighted by Crippen LogP contribution is 2.24. The number of rotatable bonds is 2. The summed E-state index contributed by atoms with van der Waals surface area (Å²) < 4.78 is 0. The molecule has 0 atom stereocenters. The van der Waals surface area contributed by atoms with Crippen molar-refractivity contribution in [1.29, 1.82) is 0 Å². The lowest BCUT2D eigenvalue weighted by Crippen LogP contribution is -2.27. The molecule has 5 heteroatoms. The van der Waals surface area contributed by atoms with Crippen LogP contribution in [0.3, 0.4) is 0 Å². The van der Waals surface area contributed by atoms with Crippen molar-refractivity contribution in [1.82, 2.24) is 4.98 Å². The van der Waals surface area contributed by atoms with Gasteiger partial charge in [0, 0.05) is 24.0 Å². The third kappa shape index (κ3) is 2.69. The fourth-order valence-electron chi connectivity index (χ4n) is 1.63. The maximum atomic E-state index is 12.2. The minimum atomic E-state index is -0.391. The molecule has 0 radical (unpaired) electrons. The van der Waals surface area contributed by atoms with E-state index in [2.05, 4.69) is 4.98 Å². The highest BCUT2D eigenvalue weighted by atomic mass is 35.5. The molecule has 1 aromatic heterocycles. The van der Waals surface area contributed by atoms with E-state index in [1.165, 1.54) is 17.2 Å². The number of aromatic nitrogens is 1. The Bertz CT molecular complexity index is 629. The molecule has 2 rings (SSSR count). The number of carbonyl (C=O) groups excluding carboxylic acids is 1. The van der Waals surface area contributed by atoms with Gasteiger partial charge in [-0.3, -0.25) is 4.79 Å². The Kier molecular flexibility index (Phi) is 3.71. The lowest BCUT2D eigenvalue weighted by molar-refractivity contribution is 0.0985. The third-order valence-corrected chi connectivity index (χ3v) is 3.24. The molecule has 1 amide bonds. The summed E-state index contributed by atoms with van der Waals surface area (Å²) in [6, 6.07) is 8.32. The molecule has 0 unspecified atom stereocenters. The smallest absolute Gasteiger partial charge is 0.280 e. The van der Waals surface area contributed by atoms with E-state index in [0.717, 1.165) is 5.56 Å².